The SMILES string of the molecule is CN1CCN(c2cc(C(=O)N3CCNCC3c3nccn3C)ccn2)CC1. The van der Waals surface area contributed by atoms with Gasteiger partial charge in [-0.2, -0.15) is 0 Å². The number of hydrogen-bond acceptors (Lipinski definition) is 6. The van der Waals surface area contributed by atoms with Gasteiger partial charge in [-0.15, -0.1) is 0 Å². The summed E-state index contributed by atoms with van der Waals surface area (Å²) in [5.74, 6) is 1.84. The molecule has 4 heterocycles. The molecule has 144 valence electrons. The second kappa shape index (κ2) is 7.66. The smallest absolute Gasteiger partial charge is 0.254 e. The van der Waals surface area contributed by atoms with Gasteiger partial charge in [-0.25, -0.2) is 9.97 Å². The van der Waals surface area contributed by atoms with Crippen LogP contribution in [0.3, 0.4) is 0 Å². The highest BCUT2D eigenvalue weighted by Gasteiger charge is 2.31. The molecule has 2 aliphatic rings. The molecule has 2 aromatic rings. The largest absolute Gasteiger partial charge is 0.354 e. The zero-order valence-corrected chi connectivity index (χ0v) is 16.0. The van der Waals surface area contributed by atoms with Crippen LogP contribution >= 0.6 is 0 Å². The number of piperazine rings is 2. The van der Waals surface area contributed by atoms with E-state index in [2.05, 4.69) is 32.1 Å². The lowest BCUT2D eigenvalue weighted by Gasteiger charge is -2.36. The van der Waals surface area contributed by atoms with Crippen LogP contribution in [0.1, 0.15) is 22.2 Å². The van der Waals surface area contributed by atoms with Crippen LogP contribution in [-0.4, -0.2) is 83.1 Å². The number of imidazole rings is 1. The van der Waals surface area contributed by atoms with E-state index < -0.39 is 0 Å². The van der Waals surface area contributed by atoms with Gasteiger partial charge in [0.1, 0.15) is 17.7 Å². The van der Waals surface area contributed by atoms with Crippen LogP contribution < -0.4 is 10.2 Å². The molecule has 8 heteroatoms. The van der Waals surface area contributed by atoms with E-state index in [9.17, 15) is 4.79 Å². The first-order chi connectivity index (χ1) is 13.1. The van der Waals surface area contributed by atoms with Crippen LogP contribution in [0.5, 0.6) is 0 Å². The number of pyridine rings is 1. The Morgan fingerprint density at radius 1 is 1.11 bits per heavy atom. The van der Waals surface area contributed by atoms with E-state index in [1.807, 2.05) is 34.8 Å². The van der Waals surface area contributed by atoms with Gasteiger partial charge in [-0.1, -0.05) is 0 Å². The number of likely N-dealkylation sites (N-methyl/N-ethyl adjacent to an activating group) is 1. The summed E-state index contributed by atoms with van der Waals surface area (Å²) in [4.78, 5) is 28.8. The highest BCUT2D eigenvalue weighted by molar-refractivity contribution is 5.95. The molecule has 0 radical (unpaired) electrons. The summed E-state index contributed by atoms with van der Waals surface area (Å²) >= 11 is 0. The zero-order valence-electron chi connectivity index (χ0n) is 16.0. The average molecular weight is 369 g/mol. The van der Waals surface area contributed by atoms with Crippen molar-refractivity contribution in [3.63, 3.8) is 0 Å². The van der Waals surface area contributed by atoms with Crippen molar-refractivity contribution in [1.29, 1.82) is 0 Å². The number of amides is 1. The summed E-state index contributed by atoms with van der Waals surface area (Å²) in [6, 6.07) is 3.69. The number of hydrogen-bond donors (Lipinski definition) is 1. The minimum Gasteiger partial charge on any atom is -0.354 e. The van der Waals surface area contributed by atoms with Gasteiger partial charge in [-0.3, -0.25) is 4.79 Å². The maximum atomic E-state index is 13.3. The molecule has 1 atom stereocenters. The molecule has 4 rings (SSSR count). The molecule has 27 heavy (non-hydrogen) atoms. The van der Waals surface area contributed by atoms with Crippen LogP contribution in [0.2, 0.25) is 0 Å². The van der Waals surface area contributed by atoms with Crippen LogP contribution in [-0.2, 0) is 7.05 Å². The molecule has 0 bridgehead atoms. The van der Waals surface area contributed by atoms with E-state index in [-0.39, 0.29) is 11.9 Å². The Morgan fingerprint density at radius 2 is 1.93 bits per heavy atom. The van der Waals surface area contributed by atoms with Gasteiger partial charge in [0.15, 0.2) is 0 Å². The maximum absolute atomic E-state index is 13.3. The molecule has 0 aromatic carbocycles. The molecule has 0 saturated carbocycles. The van der Waals surface area contributed by atoms with Crippen LogP contribution in [0.4, 0.5) is 5.82 Å². The number of nitrogens with one attached hydrogen (secondary N) is 1. The lowest BCUT2D eigenvalue weighted by molar-refractivity contribution is 0.0621. The predicted octanol–water partition coefficient (Wildman–Crippen LogP) is 0.354. The molecule has 1 unspecified atom stereocenters. The molecule has 2 aliphatic heterocycles. The Labute approximate surface area is 159 Å². The molecule has 8 nitrogen and oxygen atoms in total. The van der Waals surface area contributed by atoms with Gasteiger partial charge in [0.2, 0.25) is 0 Å². The average Bonchev–Trinajstić information content (AvgIpc) is 3.14. The predicted molar refractivity (Wildman–Crippen MR) is 104 cm³/mol. The van der Waals surface area contributed by atoms with Gasteiger partial charge < -0.3 is 24.6 Å². The van der Waals surface area contributed by atoms with Gasteiger partial charge in [0, 0.05) is 77.0 Å². The first-order valence-electron chi connectivity index (χ1n) is 9.52. The summed E-state index contributed by atoms with van der Waals surface area (Å²) < 4.78 is 1.99. The zero-order chi connectivity index (χ0) is 18.8. The van der Waals surface area contributed by atoms with E-state index in [0.717, 1.165) is 44.4 Å². The van der Waals surface area contributed by atoms with E-state index in [4.69, 9.17) is 0 Å². The van der Waals surface area contributed by atoms with Crippen molar-refractivity contribution in [2.45, 2.75) is 6.04 Å². The molecule has 2 saturated heterocycles. The highest BCUT2D eigenvalue weighted by Crippen LogP contribution is 2.24. The number of anilines is 1. The van der Waals surface area contributed by atoms with E-state index in [1.165, 1.54) is 0 Å². The minimum absolute atomic E-state index is 0.0438. The molecular formula is C19H27N7O. The molecule has 1 amide bonds. The topological polar surface area (TPSA) is 69.5 Å². The Balaban J connectivity index is 1.56. The fourth-order valence-electron chi connectivity index (χ4n) is 3.80. The quantitative estimate of drug-likeness (QED) is 0.842. The monoisotopic (exact) mass is 369 g/mol. The number of aryl methyl sites for hydroxylation is 1. The second-order valence-electron chi connectivity index (χ2n) is 7.31. The fraction of sp³-hybridized carbons (Fsp3) is 0.526. The third-order valence-corrected chi connectivity index (χ3v) is 5.48. The van der Waals surface area contributed by atoms with Crippen molar-refractivity contribution < 1.29 is 4.79 Å². The third-order valence-electron chi connectivity index (χ3n) is 5.48. The summed E-state index contributed by atoms with van der Waals surface area (Å²) in [6.07, 6.45) is 5.45. The van der Waals surface area contributed by atoms with Crippen LogP contribution in [0.25, 0.3) is 0 Å². The Bertz CT molecular complexity index is 797. The Hall–Kier alpha value is -2.45. The van der Waals surface area contributed by atoms with Crippen molar-refractivity contribution in [2.75, 3.05) is 57.8 Å². The molecule has 2 aromatic heterocycles. The first kappa shape index (κ1) is 17.9. The Morgan fingerprint density at radius 3 is 2.67 bits per heavy atom. The van der Waals surface area contributed by atoms with Crippen molar-refractivity contribution in [1.82, 2.24) is 29.7 Å². The van der Waals surface area contributed by atoms with Crippen LogP contribution in [0, 0.1) is 0 Å². The van der Waals surface area contributed by atoms with Crippen molar-refractivity contribution in [3.05, 3.63) is 42.1 Å². The fourth-order valence-corrected chi connectivity index (χ4v) is 3.80. The summed E-state index contributed by atoms with van der Waals surface area (Å²) in [6.45, 7) is 6.08. The summed E-state index contributed by atoms with van der Waals surface area (Å²) in [5, 5.41) is 3.38. The van der Waals surface area contributed by atoms with E-state index in [0.29, 0.717) is 18.7 Å². The van der Waals surface area contributed by atoms with Gasteiger partial charge in [0.05, 0.1) is 0 Å². The van der Waals surface area contributed by atoms with Gasteiger partial charge >= 0.3 is 0 Å². The maximum Gasteiger partial charge on any atom is 0.254 e. The highest BCUT2D eigenvalue weighted by atomic mass is 16.2. The molecule has 2 fully saturated rings. The minimum atomic E-state index is -0.0634. The number of nitrogens with zero attached hydrogens (tertiary/aromatic N) is 6. The number of carbonyl (C=O) groups is 1. The lowest BCUT2D eigenvalue weighted by atomic mass is 10.1. The van der Waals surface area contributed by atoms with Crippen molar-refractivity contribution in [3.8, 4) is 0 Å². The molecule has 1 N–H and O–H groups in total. The number of aromatic nitrogens is 3. The Kier molecular flexibility index (Phi) is 5.09. The van der Waals surface area contributed by atoms with Crippen LogP contribution in [0.15, 0.2) is 30.7 Å². The molecule has 0 aliphatic carbocycles. The van der Waals surface area contributed by atoms with Crippen molar-refractivity contribution in [2.24, 2.45) is 7.05 Å². The van der Waals surface area contributed by atoms with Gasteiger partial charge in [-0.05, 0) is 19.2 Å². The molecule has 0 spiro atoms. The van der Waals surface area contributed by atoms with E-state index in [1.54, 1.807) is 12.4 Å². The normalized spacial score (nSPS) is 21.5. The lowest BCUT2D eigenvalue weighted by Crippen LogP contribution is -2.49. The summed E-state index contributed by atoms with van der Waals surface area (Å²) in [5.41, 5.74) is 0.694. The first-order valence-corrected chi connectivity index (χ1v) is 9.52. The second-order valence-corrected chi connectivity index (χ2v) is 7.31. The number of carbonyl (C=O) groups excluding carboxylic acids is 1. The van der Waals surface area contributed by atoms with E-state index >= 15 is 0 Å². The number of rotatable bonds is 3. The van der Waals surface area contributed by atoms with Crippen molar-refractivity contribution >= 4 is 11.7 Å². The summed E-state index contributed by atoms with van der Waals surface area (Å²) in [7, 11) is 4.10. The van der Waals surface area contributed by atoms with Gasteiger partial charge in [0.25, 0.3) is 5.91 Å². The third kappa shape index (κ3) is 3.68. The standard InChI is InChI=1S/C19H27N7O/c1-23-9-11-25(12-10-23)17-13-15(3-4-21-17)19(27)26-8-5-20-14-16(26)18-22-6-7-24(18)2/h3-4,6-7,13,16,20H,5,8-12,14H2,1-2H3. The molecular weight excluding hydrogens is 342 g/mol.